The molecule has 0 fully saturated rings. The minimum atomic E-state index is -2.83. The number of aliphatic hydroxyl groups is 2. The van der Waals surface area contributed by atoms with Crippen LogP contribution in [-0.2, 0) is 41.1 Å². The van der Waals surface area contributed by atoms with Gasteiger partial charge in [0, 0.05) is 22.1 Å². The molecule has 6 nitrogen and oxygen atoms in total. The Morgan fingerprint density at radius 2 is 1.25 bits per heavy atom. The van der Waals surface area contributed by atoms with E-state index in [4.69, 9.17) is 8.22 Å². The van der Waals surface area contributed by atoms with Gasteiger partial charge in [0.05, 0.1) is 0 Å². The van der Waals surface area contributed by atoms with Crippen molar-refractivity contribution in [2.45, 2.75) is 20.0 Å². The summed E-state index contributed by atoms with van der Waals surface area (Å²) < 4.78 is 51.4. The van der Waals surface area contributed by atoms with E-state index in [0.717, 1.165) is 18.3 Å². The van der Waals surface area contributed by atoms with Gasteiger partial charge in [-0.1, -0.05) is 48.5 Å². The fraction of sp³-hybridized carbons (Fsp3) is 0.176. The summed E-state index contributed by atoms with van der Waals surface area (Å²) in [5, 5.41) is 19.7. The second kappa shape index (κ2) is 6.85. The number of hydrogen-bond donors (Lipinski definition) is 2. The maximum absolute atomic E-state index is 9.85. The fourth-order valence-corrected chi connectivity index (χ4v) is 2.51. The van der Waals surface area contributed by atoms with Crippen LogP contribution in [0, 0.1) is 12.7 Å². The van der Waals surface area contributed by atoms with Crippen LogP contribution in [0.2, 0.25) is 0 Å². The SMILES string of the molecule is [2H]C([2H])(n1[c-][n+](C([2H])([2H])O)c2ccccc21)n1[c-][n+](C([2H])([2H])O)c2ccccc21.[Pt+2]. The Morgan fingerprint density at radius 3 is 1.67 bits per heavy atom. The van der Waals surface area contributed by atoms with E-state index in [-0.39, 0.29) is 43.1 Å². The molecule has 0 aliphatic carbocycles. The Labute approximate surface area is 161 Å². The zero-order chi connectivity index (χ0) is 21.2. The van der Waals surface area contributed by atoms with Gasteiger partial charge in [-0.3, -0.25) is 0 Å². The number of imidazole rings is 2. The molecule has 0 unspecified atom stereocenters. The quantitative estimate of drug-likeness (QED) is 0.305. The summed E-state index contributed by atoms with van der Waals surface area (Å²) in [6, 6.07) is 12.6. The molecular weight excluding hydrogens is 487 g/mol. The number of rotatable bonds is 4. The molecule has 2 aromatic heterocycles. The molecule has 24 heavy (non-hydrogen) atoms. The number of aromatic nitrogens is 4. The van der Waals surface area contributed by atoms with Gasteiger partial charge in [-0.25, -0.2) is 0 Å². The van der Waals surface area contributed by atoms with Crippen molar-refractivity contribution < 1.29 is 48.6 Å². The van der Waals surface area contributed by atoms with Gasteiger partial charge < -0.3 is 28.5 Å². The molecule has 2 aromatic carbocycles. The summed E-state index contributed by atoms with van der Waals surface area (Å²) in [6.07, 6.45) is 5.02. The Balaban J connectivity index is 0.00000256. The zero-order valence-electron chi connectivity index (χ0n) is 18.1. The number of para-hydroxylation sites is 4. The van der Waals surface area contributed by atoms with Crippen molar-refractivity contribution in [1.29, 1.82) is 0 Å². The van der Waals surface area contributed by atoms with E-state index < -0.39 is 20.0 Å². The van der Waals surface area contributed by atoms with Gasteiger partial charge in [0.25, 0.3) is 0 Å². The van der Waals surface area contributed by atoms with Gasteiger partial charge >= 0.3 is 21.1 Å². The molecule has 7 heteroatoms. The summed E-state index contributed by atoms with van der Waals surface area (Å²) in [5.41, 5.74) is 0.872. The first-order chi connectivity index (χ1) is 13.4. The van der Waals surface area contributed by atoms with Gasteiger partial charge in [-0.15, -0.1) is 0 Å². The Bertz CT molecular complexity index is 1130. The molecular formula is C17H16N4O2Pt+2. The average molecular weight is 509 g/mol. The van der Waals surface area contributed by atoms with E-state index in [1.165, 1.54) is 24.3 Å². The Kier molecular flexibility index (Phi) is 3.07. The first kappa shape index (κ1) is 10.8. The van der Waals surface area contributed by atoms with Gasteiger partial charge in [0.15, 0.2) is 20.0 Å². The number of nitrogens with zero attached hydrogens (tertiary/aromatic N) is 4. The van der Waals surface area contributed by atoms with Crippen LogP contribution in [0.25, 0.3) is 22.1 Å². The molecule has 0 aliphatic heterocycles. The third-order valence-corrected chi connectivity index (χ3v) is 3.53. The molecule has 0 saturated heterocycles. The second-order valence-electron chi connectivity index (χ2n) is 4.82. The van der Waals surface area contributed by atoms with Gasteiger partial charge in [0.1, 0.15) is 8.22 Å². The predicted molar refractivity (Wildman–Crippen MR) is 81.8 cm³/mol. The topological polar surface area (TPSA) is 58.1 Å². The first-order valence-corrected chi connectivity index (χ1v) is 6.79. The maximum Gasteiger partial charge on any atom is 2.00 e. The smallest absolute Gasteiger partial charge is 0.359 e. The van der Waals surface area contributed by atoms with Crippen LogP contribution in [0.1, 0.15) is 8.22 Å². The van der Waals surface area contributed by atoms with E-state index >= 15 is 0 Å². The minimum Gasteiger partial charge on any atom is -0.359 e. The molecule has 0 saturated carbocycles. The molecule has 0 aliphatic rings. The molecule has 0 spiro atoms. The summed E-state index contributed by atoms with van der Waals surface area (Å²) in [4.78, 5) is 0. The third kappa shape index (κ3) is 2.67. The molecule has 0 amide bonds. The van der Waals surface area contributed by atoms with E-state index in [1.54, 1.807) is 24.3 Å². The number of hydrogen-bond acceptors (Lipinski definition) is 2. The van der Waals surface area contributed by atoms with Crippen LogP contribution in [0.4, 0.5) is 0 Å². The second-order valence-corrected chi connectivity index (χ2v) is 4.82. The van der Waals surface area contributed by atoms with E-state index in [2.05, 4.69) is 12.7 Å². The predicted octanol–water partition coefficient (Wildman–Crippen LogP) is 0.174. The largest absolute Gasteiger partial charge is 2.00 e. The third-order valence-electron chi connectivity index (χ3n) is 3.53. The van der Waals surface area contributed by atoms with Crippen molar-refractivity contribution in [3.05, 3.63) is 61.2 Å². The normalized spacial score (nSPS) is 16.6. The van der Waals surface area contributed by atoms with Crippen LogP contribution in [-0.4, -0.2) is 19.3 Å². The van der Waals surface area contributed by atoms with Crippen molar-refractivity contribution in [1.82, 2.24) is 9.13 Å². The van der Waals surface area contributed by atoms with Crippen molar-refractivity contribution in [2.24, 2.45) is 0 Å². The average Bonchev–Trinajstić information content (AvgIpc) is 3.21. The van der Waals surface area contributed by atoms with Gasteiger partial charge in [0.2, 0.25) is 12.7 Å². The fourth-order valence-electron chi connectivity index (χ4n) is 2.51. The molecule has 0 atom stereocenters. The van der Waals surface area contributed by atoms with Crippen molar-refractivity contribution in [2.75, 3.05) is 0 Å². The summed E-state index contributed by atoms with van der Waals surface area (Å²) in [6.45, 7) is -8.11. The Hall–Kier alpha value is -2.01. The van der Waals surface area contributed by atoms with Crippen LogP contribution in [0.3, 0.4) is 0 Å². The summed E-state index contributed by atoms with van der Waals surface area (Å²) in [5.74, 6) is 0. The monoisotopic (exact) mass is 509 g/mol. The van der Waals surface area contributed by atoms with E-state index in [0.29, 0.717) is 0 Å². The molecule has 0 bridgehead atoms. The van der Waals surface area contributed by atoms with Crippen LogP contribution in [0.5, 0.6) is 0 Å². The van der Waals surface area contributed by atoms with Gasteiger partial charge in [-0.05, 0) is 0 Å². The van der Waals surface area contributed by atoms with E-state index in [1.807, 2.05) is 0 Å². The molecule has 2 N–H and O–H groups in total. The summed E-state index contributed by atoms with van der Waals surface area (Å²) >= 11 is 0. The first-order valence-electron chi connectivity index (χ1n) is 9.79. The van der Waals surface area contributed by atoms with Crippen LogP contribution < -0.4 is 9.13 Å². The minimum absolute atomic E-state index is 0. The van der Waals surface area contributed by atoms with Crippen LogP contribution >= 0.6 is 0 Å². The van der Waals surface area contributed by atoms with Gasteiger partial charge in [-0.2, -0.15) is 0 Å². The van der Waals surface area contributed by atoms with Crippen molar-refractivity contribution in [3.8, 4) is 0 Å². The number of benzene rings is 2. The maximum atomic E-state index is 9.85. The summed E-state index contributed by atoms with van der Waals surface area (Å²) in [7, 11) is 0. The molecule has 4 rings (SSSR count). The molecule has 124 valence electrons. The standard InChI is InChI=1S/C17H16N4O2.Pt/c22-12-20-10-18(14-5-1-3-7-16(14)20)9-19-11-21(13-23)17-8-4-2-6-15(17)19;/h1-8,22-23H,9,12-13H2;/q;+2/i9D2,12D2,13D2;. The molecule has 2 heterocycles. The molecule has 4 aromatic rings. The number of fused-ring (bicyclic) bond motifs is 2. The zero-order valence-corrected chi connectivity index (χ0v) is 14.4. The van der Waals surface area contributed by atoms with E-state index in [9.17, 15) is 10.2 Å². The van der Waals surface area contributed by atoms with Crippen molar-refractivity contribution >= 4 is 22.1 Å². The van der Waals surface area contributed by atoms with Crippen molar-refractivity contribution in [3.63, 3.8) is 0 Å². The Morgan fingerprint density at radius 1 is 0.833 bits per heavy atom. The molecule has 0 radical (unpaired) electrons. The van der Waals surface area contributed by atoms with Crippen LogP contribution in [0.15, 0.2) is 48.5 Å².